The Hall–Kier alpha value is -2.53. The summed E-state index contributed by atoms with van der Waals surface area (Å²) in [4.78, 5) is 23.4. The monoisotopic (exact) mass is 348 g/mol. The Kier molecular flexibility index (Phi) is 5.07. The largest absolute Gasteiger partial charge is 0.348 e. The van der Waals surface area contributed by atoms with E-state index in [2.05, 4.69) is 26.3 Å². The summed E-state index contributed by atoms with van der Waals surface area (Å²) in [7, 11) is 0. The minimum atomic E-state index is -0.0243. The highest BCUT2D eigenvalue weighted by atomic mass is 16.1. The molecule has 0 aromatic carbocycles. The third-order valence-electron chi connectivity index (χ3n) is 5.55. The number of carbonyl (C=O) groups is 1. The summed E-state index contributed by atoms with van der Waals surface area (Å²) in [6.45, 7) is 2.26. The van der Waals surface area contributed by atoms with E-state index in [1.54, 1.807) is 24.7 Å². The Morgan fingerprint density at radius 1 is 1.15 bits per heavy atom. The lowest BCUT2D eigenvalue weighted by atomic mass is 9.77. The van der Waals surface area contributed by atoms with Gasteiger partial charge in [-0.3, -0.25) is 19.7 Å². The van der Waals surface area contributed by atoms with Crippen molar-refractivity contribution in [3.05, 3.63) is 66.3 Å². The number of rotatable bonds is 5. The maximum atomic E-state index is 12.5. The molecule has 2 bridgehead atoms. The van der Waals surface area contributed by atoms with Gasteiger partial charge in [-0.1, -0.05) is 12.1 Å². The minimum absolute atomic E-state index is 0.0243. The standard InChI is InChI=1S/C21H24N4O/c26-20(6-5-16-3-1-9-22-14-16)24-21-18-7-11-25(12-8-18)19(21)13-17-4-2-10-23-15-17/h1-6,9-10,14-15,18-19,21H,7-8,11-13H2,(H,24,26). The Balaban J connectivity index is 1.45. The van der Waals surface area contributed by atoms with Crippen LogP contribution in [0.4, 0.5) is 0 Å². The molecule has 3 aliphatic rings. The third kappa shape index (κ3) is 3.83. The zero-order valence-corrected chi connectivity index (χ0v) is 14.8. The molecule has 1 amide bonds. The normalized spacial score (nSPS) is 27.5. The number of piperidine rings is 3. The molecule has 1 N–H and O–H groups in total. The Bertz CT molecular complexity index is 754. The molecule has 2 aromatic heterocycles. The molecule has 0 radical (unpaired) electrons. The molecule has 5 nitrogen and oxygen atoms in total. The van der Waals surface area contributed by atoms with E-state index in [4.69, 9.17) is 0 Å². The van der Waals surface area contributed by atoms with Gasteiger partial charge in [0.05, 0.1) is 0 Å². The molecule has 134 valence electrons. The van der Waals surface area contributed by atoms with Crippen LogP contribution in [-0.2, 0) is 11.2 Å². The summed E-state index contributed by atoms with van der Waals surface area (Å²) in [5.74, 6) is 0.543. The van der Waals surface area contributed by atoms with Crippen LogP contribution < -0.4 is 5.32 Å². The molecule has 3 saturated heterocycles. The van der Waals surface area contributed by atoms with Crippen molar-refractivity contribution in [3.8, 4) is 0 Å². The van der Waals surface area contributed by atoms with E-state index in [9.17, 15) is 4.79 Å². The zero-order valence-electron chi connectivity index (χ0n) is 14.8. The lowest BCUT2D eigenvalue weighted by molar-refractivity contribution is -0.119. The number of hydrogen-bond acceptors (Lipinski definition) is 4. The number of carbonyl (C=O) groups excluding carboxylic acids is 1. The summed E-state index contributed by atoms with van der Waals surface area (Å²) in [5.41, 5.74) is 2.17. The first-order valence-corrected chi connectivity index (χ1v) is 9.31. The van der Waals surface area contributed by atoms with Crippen LogP contribution in [0.2, 0.25) is 0 Å². The molecule has 5 heteroatoms. The molecule has 3 aliphatic heterocycles. The molecule has 2 aromatic rings. The van der Waals surface area contributed by atoms with Gasteiger partial charge < -0.3 is 5.32 Å². The summed E-state index contributed by atoms with van der Waals surface area (Å²) >= 11 is 0. The van der Waals surface area contributed by atoms with Gasteiger partial charge >= 0.3 is 0 Å². The number of amides is 1. The highest BCUT2D eigenvalue weighted by Crippen LogP contribution is 2.33. The van der Waals surface area contributed by atoms with Gasteiger partial charge in [-0.15, -0.1) is 0 Å². The predicted molar refractivity (Wildman–Crippen MR) is 101 cm³/mol. The molecular weight excluding hydrogens is 324 g/mol. The van der Waals surface area contributed by atoms with Crippen LogP contribution >= 0.6 is 0 Å². The van der Waals surface area contributed by atoms with E-state index in [1.807, 2.05) is 30.5 Å². The van der Waals surface area contributed by atoms with Crippen molar-refractivity contribution in [2.24, 2.45) is 5.92 Å². The topological polar surface area (TPSA) is 58.1 Å². The SMILES string of the molecule is O=C(C=Cc1cccnc1)NC1C2CCN(CC2)C1Cc1cccnc1. The molecule has 5 heterocycles. The average molecular weight is 348 g/mol. The van der Waals surface area contributed by atoms with Crippen LogP contribution in [0.5, 0.6) is 0 Å². The average Bonchev–Trinajstić information content (AvgIpc) is 2.70. The first-order valence-electron chi connectivity index (χ1n) is 9.31. The second-order valence-electron chi connectivity index (χ2n) is 7.16. The highest BCUT2D eigenvalue weighted by molar-refractivity contribution is 5.91. The minimum Gasteiger partial charge on any atom is -0.348 e. The molecule has 2 unspecified atom stereocenters. The Labute approximate surface area is 154 Å². The maximum absolute atomic E-state index is 12.5. The van der Waals surface area contributed by atoms with E-state index >= 15 is 0 Å². The molecular formula is C21H24N4O. The first kappa shape index (κ1) is 16.9. The first-order chi connectivity index (χ1) is 12.8. The number of fused-ring (bicyclic) bond motifs is 3. The molecule has 2 atom stereocenters. The molecule has 0 aliphatic carbocycles. The van der Waals surface area contributed by atoms with Crippen molar-refractivity contribution in [3.63, 3.8) is 0 Å². The van der Waals surface area contributed by atoms with Gasteiger partial charge in [-0.2, -0.15) is 0 Å². The second-order valence-corrected chi connectivity index (χ2v) is 7.16. The van der Waals surface area contributed by atoms with Crippen molar-refractivity contribution >= 4 is 12.0 Å². The Morgan fingerprint density at radius 2 is 1.92 bits per heavy atom. The second kappa shape index (κ2) is 7.79. The van der Waals surface area contributed by atoms with E-state index in [0.29, 0.717) is 12.0 Å². The molecule has 0 spiro atoms. The summed E-state index contributed by atoms with van der Waals surface area (Å²) in [6, 6.07) is 8.46. The highest BCUT2D eigenvalue weighted by Gasteiger charge is 2.42. The predicted octanol–water partition coefficient (Wildman–Crippen LogP) is 2.31. The van der Waals surface area contributed by atoms with Gasteiger partial charge in [0, 0.05) is 42.9 Å². The number of aromatic nitrogens is 2. The van der Waals surface area contributed by atoms with Gasteiger partial charge in [-0.05, 0) is 67.6 Å². The Morgan fingerprint density at radius 3 is 2.62 bits per heavy atom. The van der Waals surface area contributed by atoms with Gasteiger partial charge in [0.2, 0.25) is 5.91 Å². The molecule has 26 heavy (non-hydrogen) atoms. The smallest absolute Gasteiger partial charge is 0.244 e. The lowest BCUT2D eigenvalue weighted by Crippen LogP contribution is -2.64. The fourth-order valence-electron chi connectivity index (χ4n) is 4.24. The lowest BCUT2D eigenvalue weighted by Gasteiger charge is -2.51. The van der Waals surface area contributed by atoms with Gasteiger partial charge in [0.15, 0.2) is 0 Å². The third-order valence-corrected chi connectivity index (χ3v) is 5.55. The number of hydrogen-bond donors (Lipinski definition) is 1. The quantitative estimate of drug-likeness (QED) is 0.843. The summed E-state index contributed by atoms with van der Waals surface area (Å²) in [5, 5.41) is 3.28. The van der Waals surface area contributed by atoms with Crippen LogP contribution in [-0.4, -0.2) is 45.9 Å². The van der Waals surface area contributed by atoms with Crippen molar-refractivity contribution < 1.29 is 4.79 Å². The summed E-state index contributed by atoms with van der Waals surface area (Å²) in [6.07, 6.45) is 13.9. The molecule has 3 fully saturated rings. The van der Waals surface area contributed by atoms with Gasteiger partial charge in [-0.25, -0.2) is 0 Å². The van der Waals surface area contributed by atoms with Crippen molar-refractivity contribution in [2.75, 3.05) is 13.1 Å². The van der Waals surface area contributed by atoms with Crippen molar-refractivity contribution in [1.82, 2.24) is 20.2 Å². The van der Waals surface area contributed by atoms with E-state index in [1.165, 1.54) is 18.4 Å². The van der Waals surface area contributed by atoms with Crippen LogP contribution in [0.25, 0.3) is 6.08 Å². The van der Waals surface area contributed by atoms with E-state index in [0.717, 1.165) is 25.1 Å². The molecule has 0 saturated carbocycles. The van der Waals surface area contributed by atoms with Crippen LogP contribution in [0.1, 0.15) is 24.0 Å². The van der Waals surface area contributed by atoms with Crippen LogP contribution in [0, 0.1) is 5.92 Å². The van der Waals surface area contributed by atoms with Crippen molar-refractivity contribution in [1.29, 1.82) is 0 Å². The fourth-order valence-corrected chi connectivity index (χ4v) is 4.24. The number of nitrogens with one attached hydrogen (secondary N) is 1. The van der Waals surface area contributed by atoms with Gasteiger partial charge in [0.25, 0.3) is 0 Å². The maximum Gasteiger partial charge on any atom is 0.244 e. The van der Waals surface area contributed by atoms with E-state index < -0.39 is 0 Å². The summed E-state index contributed by atoms with van der Waals surface area (Å²) < 4.78 is 0. The number of nitrogens with zero attached hydrogens (tertiary/aromatic N) is 3. The van der Waals surface area contributed by atoms with Crippen LogP contribution in [0.15, 0.2) is 55.1 Å². The number of pyridine rings is 2. The molecule has 5 rings (SSSR count). The van der Waals surface area contributed by atoms with E-state index in [-0.39, 0.29) is 11.9 Å². The zero-order chi connectivity index (χ0) is 17.8. The van der Waals surface area contributed by atoms with Gasteiger partial charge in [0.1, 0.15) is 0 Å². The van der Waals surface area contributed by atoms with Crippen molar-refractivity contribution in [2.45, 2.75) is 31.3 Å². The van der Waals surface area contributed by atoms with Crippen LogP contribution in [0.3, 0.4) is 0 Å². The fraction of sp³-hybridized carbons (Fsp3) is 0.381.